The Kier molecular flexibility index (Phi) is 5.34. The number of carbonyl (C=O) groups excluding carboxylic acids is 1. The molecule has 1 amide bonds. The van der Waals surface area contributed by atoms with Crippen LogP contribution in [-0.2, 0) is 4.79 Å². The summed E-state index contributed by atoms with van der Waals surface area (Å²) >= 11 is 0. The molecular weight excluding hydrogens is 403 g/mol. The number of hydrogen-bond acceptors (Lipinski definition) is 4. The molecule has 1 unspecified atom stereocenters. The van der Waals surface area contributed by atoms with Gasteiger partial charge in [-0.25, -0.2) is 9.37 Å². The van der Waals surface area contributed by atoms with Crippen LogP contribution in [-0.4, -0.2) is 15.9 Å². The number of fused-ring (bicyclic) bond motifs is 2. The molecule has 2 aliphatic carbocycles. The van der Waals surface area contributed by atoms with Crippen molar-refractivity contribution in [1.82, 2.24) is 9.97 Å². The minimum absolute atomic E-state index is 0.00799. The summed E-state index contributed by atoms with van der Waals surface area (Å²) in [5.41, 5.74) is 3.01. The first-order valence-corrected chi connectivity index (χ1v) is 11.2. The van der Waals surface area contributed by atoms with Crippen LogP contribution in [0.2, 0.25) is 0 Å². The van der Waals surface area contributed by atoms with Crippen LogP contribution < -0.4 is 5.32 Å². The lowest BCUT2D eigenvalue weighted by Gasteiger charge is -2.21. The Hall–Kier alpha value is -3.33. The van der Waals surface area contributed by atoms with Gasteiger partial charge in [0, 0.05) is 17.5 Å². The lowest BCUT2D eigenvalue weighted by Crippen LogP contribution is -2.26. The average Bonchev–Trinajstić information content (AvgIpc) is 3.38. The van der Waals surface area contributed by atoms with Crippen molar-refractivity contribution in [2.75, 3.05) is 5.32 Å². The van der Waals surface area contributed by atoms with Crippen LogP contribution in [0.1, 0.15) is 49.8 Å². The minimum atomic E-state index is -0.220. The monoisotopic (exact) mass is 428 g/mol. The predicted molar refractivity (Wildman–Crippen MR) is 120 cm³/mol. The fourth-order valence-electron chi connectivity index (χ4n) is 5.83. The maximum Gasteiger partial charge on any atom is 0.227 e. The molecule has 2 heterocycles. The Bertz CT molecular complexity index is 1190. The van der Waals surface area contributed by atoms with Crippen LogP contribution in [0, 0.1) is 40.8 Å². The summed E-state index contributed by atoms with van der Waals surface area (Å²) in [6, 6.07) is 12.2. The first-order chi connectivity index (χ1) is 15.5. The van der Waals surface area contributed by atoms with E-state index in [2.05, 4.69) is 15.3 Å². The number of aromatic nitrogens is 2. The van der Waals surface area contributed by atoms with Gasteiger partial charge in [0.2, 0.25) is 5.91 Å². The number of anilines is 1. The predicted octanol–water partition coefficient (Wildman–Crippen LogP) is 5.44. The SMILES string of the molecule is CC(C(=O)Nc1ccc(C#N)nc1)[C@H]1C[C@H]2C[C@@H](c3ccnc4ccc(F)cc34)C[C@H]2C1. The van der Waals surface area contributed by atoms with Gasteiger partial charge in [0.25, 0.3) is 0 Å². The molecular formula is C26H25FN4O. The largest absolute Gasteiger partial charge is 0.324 e. The van der Waals surface area contributed by atoms with Crippen molar-refractivity contribution in [3.8, 4) is 6.07 Å². The van der Waals surface area contributed by atoms with E-state index in [4.69, 9.17) is 5.26 Å². The molecule has 32 heavy (non-hydrogen) atoms. The summed E-state index contributed by atoms with van der Waals surface area (Å²) in [5, 5.41) is 12.7. The Labute approximate surface area is 186 Å². The maximum atomic E-state index is 13.9. The van der Waals surface area contributed by atoms with Crippen LogP contribution in [0.25, 0.3) is 10.9 Å². The van der Waals surface area contributed by atoms with E-state index >= 15 is 0 Å². The van der Waals surface area contributed by atoms with Crippen molar-refractivity contribution < 1.29 is 9.18 Å². The van der Waals surface area contributed by atoms with E-state index in [1.807, 2.05) is 25.3 Å². The molecule has 6 heteroatoms. The second kappa shape index (κ2) is 8.31. The van der Waals surface area contributed by atoms with Crippen molar-refractivity contribution in [2.24, 2.45) is 23.7 Å². The van der Waals surface area contributed by atoms with Gasteiger partial charge in [0.1, 0.15) is 17.6 Å². The van der Waals surface area contributed by atoms with Gasteiger partial charge < -0.3 is 5.32 Å². The molecule has 0 spiro atoms. The zero-order valence-corrected chi connectivity index (χ0v) is 18.0. The Morgan fingerprint density at radius 2 is 1.91 bits per heavy atom. The molecule has 1 N–H and O–H groups in total. The van der Waals surface area contributed by atoms with E-state index in [1.165, 1.54) is 17.8 Å². The highest BCUT2D eigenvalue weighted by Gasteiger charge is 2.44. The number of carbonyl (C=O) groups is 1. The zero-order chi connectivity index (χ0) is 22.2. The third kappa shape index (κ3) is 3.84. The van der Waals surface area contributed by atoms with E-state index in [9.17, 15) is 9.18 Å². The molecule has 5 atom stereocenters. The first-order valence-electron chi connectivity index (χ1n) is 11.2. The van der Waals surface area contributed by atoms with E-state index in [0.717, 1.165) is 36.6 Å². The molecule has 0 saturated heterocycles. The second-order valence-electron chi connectivity index (χ2n) is 9.30. The smallest absolute Gasteiger partial charge is 0.227 e. The third-order valence-electron chi connectivity index (χ3n) is 7.50. The van der Waals surface area contributed by atoms with Gasteiger partial charge in [-0.3, -0.25) is 9.78 Å². The Morgan fingerprint density at radius 1 is 1.12 bits per heavy atom. The van der Waals surface area contributed by atoms with Crippen molar-refractivity contribution in [3.63, 3.8) is 0 Å². The lowest BCUT2D eigenvalue weighted by atomic mass is 9.86. The normalized spacial score (nSPS) is 25.3. The van der Waals surface area contributed by atoms with Crippen molar-refractivity contribution in [3.05, 3.63) is 65.9 Å². The Morgan fingerprint density at radius 3 is 2.59 bits per heavy atom. The second-order valence-corrected chi connectivity index (χ2v) is 9.30. The third-order valence-corrected chi connectivity index (χ3v) is 7.50. The fourth-order valence-corrected chi connectivity index (χ4v) is 5.83. The molecule has 0 bridgehead atoms. The fraction of sp³-hybridized carbons (Fsp3) is 0.385. The number of hydrogen-bond donors (Lipinski definition) is 1. The summed E-state index contributed by atoms with van der Waals surface area (Å²) in [7, 11) is 0. The number of nitrogens with one attached hydrogen (secondary N) is 1. The average molecular weight is 429 g/mol. The molecule has 2 saturated carbocycles. The number of nitriles is 1. The van der Waals surface area contributed by atoms with Gasteiger partial charge >= 0.3 is 0 Å². The van der Waals surface area contributed by atoms with Gasteiger partial charge in [-0.2, -0.15) is 5.26 Å². The maximum absolute atomic E-state index is 13.9. The number of amides is 1. The van der Waals surface area contributed by atoms with Crippen molar-refractivity contribution >= 4 is 22.5 Å². The minimum Gasteiger partial charge on any atom is -0.324 e. The highest BCUT2D eigenvalue weighted by atomic mass is 19.1. The number of halogens is 1. The molecule has 5 nitrogen and oxygen atoms in total. The molecule has 162 valence electrons. The van der Waals surface area contributed by atoms with Crippen LogP contribution in [0.3, 0.4) is 0 Å². The molecule has 2 aromatic heterocycles. The molecule has 0 aliphatic heterocycles. The van der Waals surface area contributed by atoms with E-state index in [1.54, 1.807) is 24.3 Å². The van der Waals surface area contributed by atoms with Crippen LogP contribution in [0.15, 0.2) is 48.8 Å². The number of nitrogens with zero attached hydrogens (tertiary/aromatic N) is 3. The van der Waals surface area contributed by atoms with Crippen LogP contribution >= 0.6 is 0 Å². The molecule has 3 aromatic rings. The highest BCUT2D eigenvalue weighted by molar-refractivity contribution is 5.92. The molecule has 5 rings (SSSR count). The Balaban J connectivity index is 1.23. The summed E-state index contributed by atoms with van der Waals surface area (Å²) in [6.07, 6.45) is 7.64. The van der Waals surface area contributed by atoms with Gasteiger partial charge in [0.05, 0.1) is 17.4 Å². The number of pyridine rings is 2. The summed E-state index contributed by atoms with van der Waals surface area (Å²) < 4.78 is 13.9. The standard InChI is InChI=1S/C26H25FN4O/c1-15(26(32)31-22-4-3-21(13-28)30-14-22)16-8-17-10-19(11-18(17)9-16)23-6-7-29-25-5-2-20(27)12-24(23)25/h2-7,12,14-19H,8-11H2,1H3,(H,31,32)/t15?,16-,17-,18+,19+. The van der Waals surface area contributed by atoms with Crippen LogP contribution in [0.5, 0.6) is 0 Å². The summed E-state index contributed by atoms with van der Waals surface area (Å²) in [6.45, 7) is 2.01. The molecule has 0 radical (unpaired) electrons. The lowest BCUT2D eigenvalue weighted by molar-refractivity contribution is -0.120. The topological polar surface area (TPSA) is 78.7 Å². The van der Waals surface area contributed by atoms with Crippen molar-refractivity contribution in [1.29, 1.82) is 5.26 Å². The van der Waals surface area contributed by atoms with Crippen LogP contribution in [0.4, 0.5) is 10.1 Å². The summed E-state index contributed by atoms with van der Waals surface area (Å²) in [5.74, 6) is 1.71. The van der Waals surface area contributed by atoms with Gasteiger partial charge in [-0.15, -0.1) is 0 Å². The van der Waals surface area contributed by atoms with E-state index < -0.39 is 0 Å². The van der Waals surface area contributed by atoms with Gasteiger partial charge in [-0.05, 0) is 91.3 Å². The highest BCUT2D eigenvalue weighted by Crippen LogP contribution is 2.54. The molecule has 2 aliphatic rings. The number of rotatable bonds is 4. The van der Waals surface area contributed by atoms with Gasteiger partial charge in [-0.1, -0.05) is 6.92 Å². The molecule has 2 fully saturated rings. The zero-order valence-electron chi connectivity index (χ0n) is 18.0. The van der Waals surface area contributed by atoms with Gasteiger partial charge in [0.15, 0.2) is 0 Å². The van der Waals surface area contributed by atoms with E-state index in [-0.39, 0.29) is 17.6 Å². The summed E-state index contributed by atoms with van der Waals surface area (Å²) in [4.78, 5) is 21.2. The van der Waals surface area contributed by atoms with Crippen molar-refractivity contribution in [2.45, 2.75) is 38.5 Å². The quantitative estimate of drug-likeness (QED) is 0.601. The van der Waals surface area contributed by atoms with E-state index in [0.29, 0.717) is 35.1 Å². The molecule has 1 aromatic carbocycles. The number of benzene rings is 1. The first kappa shape index (κ1) is 20.6.